The fourth-order valence-electron chi connectivity index (χ4n) is 2.46. The van der Waals surface area contributed by atoms with Gasteiger partial charge in [0.15, 0.2) is 5.11 Å². The first-order valence-electron chi connectivity index (χ1n) is 7.01. The van der Waals surface area contributed by atoms with Crippen LogP contribution in [0.15, 0.2) is 22.6 Å². The molecule has 0 aromatic carbocycles. The summed E-state index contributed by atoms with van der Waals surface area (Å²) in [6.07, 6.45) is 5.23. The molecule has 1 saturated heterocycles. The smallest absolute Gasteiger partial charge is 0.281 e. The number of nitrogens with one attached hydrogen (secondary N) is 1. The van der Waals surface area contributed by atoms with Crippen LogP contribution in [0.3, 0.4) is 0 Å². The first kappa shape index (κ1) is 15.9. The Labute approximate surface area is 147 Å². The highest BCUT2D eigenvalue weighted by Gasteiger charge is 2.34. The van der Waals surface area contributed by atoms with E-state index in [1.165, 1.54) is 4.90 Å². The van der Waals surface area contributed by atoms with Crippen molar-refractivity contribution in [2.24, 2.45) is 7.05 Å². The lowest BCUT2D eigenvalue weighted by Gasteiger charge is -2.11. The van der Waals surface area contributed by atoms with E-state index in [4.69, 9.17) is 12.2 Å². The first-order chi connectivity index (χ1) is 10.9. The molecule has 3 heterocycles. The molecule has 1 amide bonds. The molecule has 7 nitrogen and oxygen atoms in total. The second kappa shape index (κ2) is 5.89. The molecule has 120 valence electrons. The van der Waals surface area contributed by atoms with Crippen LogP contribution in [0.1, 0.15) is 18.3 Å². The van der Waals surface area contributed by atoms with Gasteiger partial charge in [0.2, 0.25) is 0 Å². The zero-order valence-electron chi connectivity index (χ0n) is 12.9. The van der Waals surface area contributed by atoms with Gasteiger partial charge in [0.25, 0.3) is 5.91 Å². The average molecular weight is 395 g/mol. The van der Waals surface area contributed by atoms with Crippen LogP contribution in [-0.4, -0.2) is 30.6 Å². The van der Waals surface area contributed by atoms with E-state index in [9.17, 15) is 4.79 Å². The van der Waals surface area contributed by atoms with Crippen molar-refractivity contribution < 1.29 is 4.79 Å². The molecule has 0 radical (unpaired) electrons. The summed E-state index contributed by atoms with van der Waals surface area (Å²) in [7, 11) is 1.81. The van der Waals surface area contributed by atoms with Gasteiger partial charge in [0, 0.05) is 19.8 Å². The Bertz CT molecular complexity index is 836. The van der Waals surface area contributed by atoms with Gasteiger partial charge in [-0.15, -0.1) is 0 Å². The highest BCUT2D eigenvalue weighted by Crippen LogP contribution is 2.26. The van der Waals surface area contributed by atoms with Crippen LogP contribution in [-0.2, 0) is 18.4 Å². The van der Waals surface area contributed by atoms with Gasteiger partial charge in [-0.2, -0.15) is 10.2 Å². The van der Waals surface area contributed by atoms with E-state index in [0.29, 0.717) is 23.0 Å². The molecule has 3 rings (SSSR count). The molecular weight excluding hydrogens is 380 g/mol. The van der Waals surface area contributed by atoms with Crippen LogP contribution in [0.5, 0.6) is 0 Å². The van der Waals surface area contributed by atoms with E-state index in [0.717, 1.165) is 15.9 Å². The number of aromatic nitrogens is 4. The predicted molar refractivity (Wildman–Crippen MR) is 94.7 cm³/mol. The number of rotatable bonds is 3. The average Bonchev–Trinajstić information content (AvgIpc) is 3.09. The summed E-state index contributed by atoms with van der Waals surface area (Å²) in [5.41, 5.74) is 2.65. The van der Waals surface area contributed by atoms with Gasteiger partial charge in [-0.05, 0) is 48.1 Å². The summed E-state index contributed by atoms with van der Waals surface area (Å²) < 4.78 is 4.28. The summed E-state index contributed by atoms with van der Waals surface area (Å²) in [4.78, 5) is 14.2. The van der Waals surface area contributed by atoms with Crippen molar-refractivity contribution in [3.8, 4) is 0 Å². The summed E-state index contributed by atoms with van der Waals surface area (Å²) >= 11 is 8.77. The molecule has 2 aromatic heterocycles. The monoisotopic (exact) mass is 394 g/mol. The number of hydrogen-bond acceptors (Lipinski definition) is 4. The number of hydrogen-bond donors (Lipinski definition) is 1. The van der Waals surface area contributed by atoms with Crippen LogP contribution in [0.2, 0.25) is 0 Å². The van der Waals surface area contributed by atoms with Crippen LogP contribution in [0, 0.1) is 6.92 Å². The zero-order valence-corrected chi connectivity index (χ0v) is 15.3. The fourth-order valence-corrected chi connectivity index (χ4v) is 3.17. The lowest BCUT2D eigenvalue weighted by molar-refractivity contribution is -0.113. The topological polar surface area (TPSA) is 68.0 Å². The molecule has 0 bridgehead atoms. The van der Waals surface area contributed by atoms with Crippen molar-refractivity contribution >= 4 is 50.9 Å². The fraction of sp³-hybridized carbons (Fsp3) is 0.286. The molecule has 0 saturated carbocycles. The van der Waals surface area contributed by atoms with Gasteiger partial charge >= 0.3 is 0 Å². The summed E-state index contributed by atoms with van der Waals surface area (Å²) in [6, 6.07) is 0. The van der Waals surface area contributed by atoms with Crippen LogP contribution < -0.4 is 10.2 Å². The Morgan fingerprint density at radius 1 is 1.48 bits per heavy atom. The van der Waals surface area contributed by atoms with Crippen LogP contribution in [0.25, 0.3) is 6.08 Å². The lowest BCUT2D eigenvalue weighted by Crippen LogP contribution is -2.30. The summed E-state index contributed by atoms with van der Waals surface area (Å²) in [5.74, 6) is -0.207. The number of carbonyl (C=O) groups excluding carboxylic acids is 1. The molecule has 0 unspecified atom stereocenters. The Balaban J connectivity index is 2.00. The van der Waals surface area contributed by atoms with Gasteiger partial charge in [-0.1, -0.05) is 0 Å². The highest BCUT2D eigenvalue weighted by atomic mass is 79.9. The highest BCUT2D eigenvalue weighted by molar-refractivity contribution is 9.10. The number of nitrogens with zero attached hydrogens (tertiary/aromatic N) is 5. The molecule has 23 heavy (non-hydrogen) atoms. The molecule has 2 aromatic rings. The van der Waals surface area contributed by atoms with Gasteiger partial charge in [0.1, 0.15) is 5.70 Å². The number of amides is 1. The van der Waals surface area contributed by atoms with E-state index in [2.05, 4.69) is 31.4 Å². The van der Waals surface area contributed by atoms with Crippen molar-refractivity contribution in [1.82, 2.24) is 24.9 Å². The van der Waals surface area contributed by atoms with Gasteiger partial charge in [0.05, 0.1) is 27.7 Å². The zero-order chi connectivity index (χ0) is 16.7. The predicted octanol–water partition coefficient (Wildman–Crippen LogP) is 1.97. The maximum absolute atomic E-state index is 12.7. The Hall–Kier alpha value is -2.00. The van der Waals surface area contributed by atoms with E-state index in [1.54, 1.807) is 34.9 Å². The number of thiocarbonyl (C=S) groups is 1. The maximum atomic E-state index is 12.7. The second-order valence-electron chi connectivity index (χ2n) is 5.10. The lowest BCUT2D eigenvalue weighted by atomic mass is 10.3. The van der Waals surface area contributed by atoms with Crippen molar-refractivity contribution in [3.63, 3.8) is 0 Å². The number of carbonyl (C=O) groups is 1. The van der Waals surface area contributed by atoms with Crippen molar-refractivity contribution in [3.05, 3.63) is 34.0 Å². The van der Waals surface area contributed by atoms with Crippen molar-refractivity contribution in [2.75, 3.05) is 4.90 Å². The Morgan fingerprint density at radius 2 is 2.22 bits per heavy atom. The van der Waals surface area contributed by atoms with Crippen LogP contribution in [0.4, 0.5) is 5.69 Å². The number of halogens is 1. The largest absolute Gasteiger partial charge is 0.327 e. The molecule has 1 aliphatic rings. The molecule has 0 aliphatic carbocycles. The van der Waals surface area contributed by atoms with Gasteiger partial charge in [-0.3, -0.25) is 14.2 Å². The van der Waals surface area contributed by atoms with Gasteiger partial charge < -0.3 is 5.32 Å². The maximum Gasteiger partial charge on any atom is 0.281 e. The molecule has 1 fully saturated rings. The quantitative estimate of drug-likeness (QED) is 0.636. The summed E-state index contributed by atoms with van der Waals surface area (Å²) in [5, 5.41) is 11.8. The minimum Gasteiger partial charge on any atom is -0.327 e. The molecule has 9 heteroatoms. The third-order valence-electron chi connectivity index (χ3n) is 3.52. The Kier molecular flexibility index (Phi) is 4.07. The first-order valence-corrected chi connectivity index (χ1v) is 8.21. The van der Waals surface area contributed by atoms with Gasteiger partial charge in [-0.25, -0.2) is 4.90 Å². The minimum absolute atomic E-state index is 0.207. The minimum atomic E-state index is -0.207. The molecule has 0 atom stereocenters. The molecular formula is C14H15BrN6OS. The number of anilines is 1. The normalized spacial score (nSPS) is 16.5. The SMILES string of the molecule is CCn1ncc(Br)c1/C=C1/NC(=S)N(c2cn(C)nc2C)C1=O. The van der Waals surface area contributed by atoms with Crippen molar-refractivity contribution in [2.45, 2.75) is 20.4 Å². The summed E-state index contributed by atoms with van der Waals surface area (Å²) in [6.45, 7) is 4.53. The van der Waals surface area contributed by atoms with Crippen molar-refractivity contribution in [1.29, 1.82) is 0 Å². The number of aryl methyl sites for hydroxylation is 3. The van der Waals surface area contributed by atoms with E-state index < -0.39 is 0 Å². The molecule has 1 N–H and O–H groups in total. The third-order valence-corrected chi connectivity index (χ3v) is 4.42. The van der Waals surface area contributed by atoms with E-state index in [-0.39, 0.29) is 5.91 Å². The third kappa shape index (κ3) is 2.70. The van der Waals surface area contributed by atoms with E-state index >= 15 is 0 Å². The van der Waals surface area contributed by atoms with Crippen LogP contribution >= 0.6 is 28.1 Å². The molecule has 0 spiro atoms. The second-order valence-corrected chi connectivity index (χ2v) is 6.34. The molecule has 1 aliphatic heterocycles. The standard InChI is InChI=1S/C14H15BrN6OS/c1-4-20-11(9(15)6-16-20)5-10-13(22)21(14(23)17-10)12-7-19(3)18-8(12)2/h5-7H,4H2,1-3H3,(H,17,23)/b10-5+. The Morgan fingerprint density at radius 3 is 2.83 bits per heavy atom. The van der Waals surface area contributed by atoms with E-state index in [1.807, 2.05) is 13.8 Å².